The molecular formula is C24H22ClN3O4. The number of fused-ring (bicyclic) bond motifs is 5. The molecule has 0 aromatic heterocycles. The van der Waals surface area contributed by atoms with E-state index in [4.69, 9.17) is 16.3 Å². The van der Waals surface area contributed by atoms with Gasteiger partial charge in [0.2, 0.25) is 17.7 Å². The molecular weight excluding hydrogens is 430 g/mol. The fraction of sp³-hybridized carbons (Fsp3) is 0.292. The van der Waals surface area contributed by atoms with E-state index in [0.717, 1.165) is 11.3 Å². The van der Waals surface area contributed by atoms with E-state index >= 15 is 0 Å². The zero-order valence-electron chi connectivity index (χ0n) is 17.4. The Balaban J connectivity index is 1.55. The molecule has 3 heterocycles. The van der Waals surface area contributed by atoms with Crippen molar-refractivity contribution in [2.24, 2.45) is 11.8 Å². The van der Waals surface area contributed by atoms with E-state index in [1.165, 1.54) is 12.0 Å². The van der Waals surface area contributed by atoms with Crippen molar-refractivity contribution in [1.82, 2.24) is 4.90 Å². The third-order valence-corrected chi connectivity index (χ3v) is 6.66. The predicted molar refractivity (Wildman–Crippen MR) is 121 cm³/mol. The highest BCUT2D eigenvalue weighted by Crippen LogP contribution is 2.48. The largest absolute Gasteiger partial charge is 0.383 e. The quantitative estimate of drug-likeness (QED) is 0.707. The number of rotatable bonds is 5. The number of para-hydroxylation sites is 1. The molecule has 4 atom stereocenters. The molecule has 8 heteroatoms. The Labute approximate surface area is 190 Å². The second-order valence-corrected chi connectivity index (χ2v) is 8.57. The minimum absolute atomic E-state index is 0.180. The van der Waals surface area contributed by atoms with E-state index in [9.17, 15) is 14.4 Å². The smallest absolute Gasteiger partial charge is 0.247 e. The number of imide groups is 1. The lowest BCUT2D eigenvalue weighted by Gasteiger charge is -2.36. The normalized spacial score (nSPS) is 25.6. The predicted octanol–water partition coefficient (Wildman–Crippen LogP) is 2.81. The lowest BCUT2D eigenvalue weighted by Crippen LogP contribution is -2.50. The molecule has 0 unspecified atom stereocenters. The first kappa shape index (κ1) is 20.7. The third kappa shape index (κ3) is 3.20. The number of hydrogen-bond donors (Lipinski definition) is 1. The van der Waals surface area contributed by atoms with Crippen LogP contribution in [-0.2, 0) is 19.1 Å². The molecule has 2 fully saturated rings. The molecule has 0 aliphatic carbocycles. The highest BCUT2D eigenvalue weighted by atomic mass is 35.5. The van der Waals surface area contributed by atoms with Gasteiger partial charge in [0.25, 0.3) is 0 Å². The summed E-state index contributed by atoms with van der Waals surface area (Å²) in [6.45, 7) is 0.436. The first-order valence-electron chi connectivity index (χ1n) is 10.5. The van der Waals surface area contributed by atoms with Crippen LogP contribution in [-0.4, -0.2) is 55.0 Å². The van der Waals surface area contributed by atoms with Crippen LogP contribution in [0.3, 0.4) is 0 Å². The summed E-state index contributed by atoms with van der Waals surface area (Å²) in [5.41, 5.74) is 2.37. The van der Waals surface area contributed by atoms with Gasteiger partial charge in [0.15, 0.2) is 0 Å². The van der Waals surface area contributed by atoms with E-state index in [-0.39, 0.29) is 36.9 Å². The minimum atomic E-state index is -0.823. The van der Waals surface area contributed by atoms with Crippen LogP contribution in [0.15, 0.2) is 54.6 Å². The van der Waals surface area contributed by atoms with E-state index in [1.807, 2.05) is 41.3 Å². The Hall–Kier alpha value is -3.16. The number of halogens is 1. The maximum Gasteiger partial charge on any atom is 0.247 e. The summed E-state index contributed by atoms with van der Waals surface area (Å²) in [5.74, 6) is -2.30. The highest BCUT2D eigenvalue weighted by molar-refractivity contribution is 6.30. The van der Waals surface area contributed by atoms with Crippen LogP contribution >= 0.6 is 11.6 Å². The average Bonchev–Trinajstić information content (AvgIpc) is 3.27. The molecule has 1 N–H and O–H groups in total. The topological polar surface area (TPSA) is 79.0 Å². The first-order valence-corrected chi connectivity index (χ1v) is 10.8. The number of anilines is 2. The van der Waals surface area contributed by atoms with Gasteiger partial charge in [0, 0.05) is 23.5 Å². The zero-order valence-corrected chi connectivity index (χ0v) is 18.2. The van der Waals surface area contributed by atoms with Crippen molar-refractivity contribution >= 4 is 46.8 Å². The van der Waals surface area contributed by atoms with Gasteiger partial charge in [-0.1, -0.05) is 42.0 Å². The summed E-state index contributed by atoms with van der Waals surface area (Å²) in [4.78, 5) is 43.4. The lowest BCUT2D eigenvalue weighted by atomic mass is 9.88. The van der Waals surface area contributed by atoms with Crippen molar-refractivity contribution in [2.75, 3.05) is 30.5 Å². The molecule has 0 bridgehead atoms. The molecule has 3 aliphatic rings. The second-order valence-electron chi connectivity index (χ2n) is 8.13. The molecule has 2 aromatic carbocycles. The van der Waals surface area contributed by atoms with Crippen molar-refractivity contribution in [3.05, 3.63) is 65.2 Å². The Kier molecular flexibility index (Phi) is 5.23. The number of methoxy groups -OCH3 is 1. The van der Waals surface area contributed by atoms with Gasteiger partial charge in [0.1, 0.15) is 6.04 Å². The Morgan fingerprint density at radius 2 is 1.78 bits per heavy atom. The SMILES string of the molecule is COCCN1C(=O)[C@@H]2[C@H](C1=O)[C@H]1C=Cc3ccccc3N1[C@H]2C(=O)Nc1ccc(Cl)cc1. The molecule has 0 saturated carbocycles. The molecule has 32 heavy (non-hydrogen) atoms. The van der Waals surface area contributed by atoms with Crippen molar-refractivity contribution in [2.45, 2.75) is 12.1 Å². The average molecular weight is 452 g/mol. The maximum atomic E-state index is 13.6. The van der Waals surface area contributed by atoms with Gasteiger partial charge in [-0.15, -0.1) is 0 Å². The fourth-order valence-corrected chi connectivity index (χ4v) is 5.15. The fourth-order valence-electron chi connectivity index (χ4n) is 5.03. The van der Waals surface area contributed by atoms with Crippen molar-refractivity contribution in [3.63, 3.8) is 0 Å². The summed E-state index contributed by atoms with van der Waals surface area (Å²) in [6, 6.07) is 13.3. The monoisotopic (exact) mass is 451 g/mol. The van der Waals surface area contributed by atoms with E-state index in [0.29, 0.717) is 10.7 Å². The van der Waals surface area contributed by atoms with Gasteiger partial charge in [-0.2, -0.15) is 0 Å². The number of nitrogens with zero attached hydrogens (tertiary/aromatic N) is 2. The molecule has 3 amide bonds. The summed E-state index contributed by atoms with van der Waals surface area (Å²) >= 11 is 5.96. The number of carbonyl (C=O) groups is 3. The Bertz CT molecular complexity index is 1120. The van der Waals surface area contributed by atoms with Crippen molar-refractivity contribution < 1.29 is 19.1 Å². The van der Waals surface area contributed by atoms with E-state index in [2.05, 4.69) is 5.32 Å². The summed E-state index contributed by atoms with van der Waals surface area (Å²) in [6.07, 6.45) is 3.89. The Morgan fingerprint density at radius 3 is 2.53 bits per heavy atom. The van der Waals surface area contributed by atoms with Crippen LogP contribution in [0.2, 0.25) is 5.02 Å². The molecule has 3 aliphatic heterocycles. The van der Waals surface area contributed by atoms with Crippen molar-refractivity contribution in [3.8, 4) is 0 Å². The van der Waals surface area contributed by atoms with Gasteiger partial charge in [0.05, 0.1) is 31.0 Å². The van der Waals surface area contributed by atoms with Crippen LogP contribution in [0.5, 0.6) is 0 Å². The first-order chi connectivity index (χ1) is 15.5. The molecule has 0 radical (unpaired) electrons. The number of hydrogen-bond acceptors (Lipinski definition) is 5. The Morgan fingerprint density at radius 1 is 1.06 bits per heavy atom. The molecule has 0 spiro atoms. The molecule has 7 nitrogen and oxygen atoms in total. The van der Waals surface area contributed by atoms with Crippen LogP contribution in [0.25, 0.3) is 6.08 Å². The summed E-state index contributed by atoms with van der Waals surface area (Å²) in [7, 11) is 1.52. The van der Waals surface area contributed by atoms with Gasteiger partial charge in [-0.3, -0.25) is 19.3 Å². The van der Waals surface area contributed by atoms with Gasteiger partial charge in [-0.25, -0.2) is 0 Å². The van der Waals surface area contributed by atoms with Crippen LogP contribution in [0.4, 0.5) is 11.4 Å². The number of carbonyl (C=O) groups excluding carboxylic acids is 3. The molecule has 2 aromatic rings. The highest BCUT2D eigenvalue weighted by Gasteiger charge is 2.63. The van der Waals surface area contributed by atoms with Crippen LogP contribution in [0.1, 0.15) is 5.56 Å². The van der Waals surface area contributed by atoms with Crippen molar-refractivity contribution in [1.29, 1.82) is 0 Å². The standard InChI is InChI=1S/C24H22ClN3O4/c1-32-13-12-27-23(30)19-18-11-6-14-4-2-3-5-17(14)28(18)21(20(19)24(27)31)22(29)26-16-9-7-15(25)8-10-16/h2-11,18-21H,12-13H2,1H3,(H,26,29)/t18-,19-,20-,21-/m1/s1. The van der Waals surface area contributed by atoms with Crippen LogP contribution in [0, 0.1) is 11.8 Å². The van der Waals surface area contributed by atoms with E-state index in [1.54, 1.807) is 24.3 Å². The second kappa shape index (κ2) is 8.07. The zero-order chi connectivity index (χ0) is 22.4. The third-order valence-electron chi connectivity index (χ3n) is 6.41. The maximum absolute atomic E-state index is 13.6. The van der Waals surface area contributed by atoms with Crippen LogP contribution < -0.4 is 10.2 Å². The van der Waals surface area contributed by atoms with E-state index < -0.39 is 17.9 Å². The number of nitrogens with one attached hydrogen (secondary N) is 1. The number of benzene rings is 2. The van der Waals surface area contributed by atoms with Gasteiger partial charge < -0.3 is 15.0 Å². The number of ether oxygens (including phenoxy) is 1. The number of likely N-dealkylation sites (tertiary alicyclic amines) is 1. The lowest BCUT2D eigenvalue weighted by molar-refractivity contribution is -0.141. The molecule has 5 rings (SSSR count). The number of amides is 3. The summed E-state index contributed by atoms with van der Waals surface area (Å²) in [5, 5.41) is 3.47. The summed E-state index contributed by atoms with van der Waals surface area (Å²) < 4.78 is 5.08. The van der Waals surface area contributed by atoms with Gasteiger partial charge >= 0.3 is 0 Å². The minimum Gasteiger partial charge on any atom is -0.383 e. The molecule has 2 saturated heterocycles. The molecule has 164 valence electrons. The van der Waals surface area contributed by atoms with Gasteiger partial charge in [-0.05, 0) is 35.9 Å².